The first-order chi connectivity index (χ1) is 16.9. The summed E-state index contributed by atoms with van der Waals surface area (Å²) in [6, 6.07) is 0.0566. The molecule has 4 saturated carbocycles. The first kappa shape index (κ1) is 26.2. The van der Waals surface area contributed by atoms with Gasteiger partial charge in [0.1, 0.15) is 5.60 Å². The SMILES string of the molecule is CCNC(=O)C(C)(C)C=Cn1ncc(C(=O)NC2C3CC4CC2CC(OC(N)=O)(C4)C3)c1CC(C)C. The van der Waals surface area contributed by atoms with Crippen molar-refractivity contribution < 1.29 is 19.1 Å². The third-order valence-electron chi connectivity index (χ3n) is 8.13. The van der Waals surface area contributed by atoms with Crippen molar-refractivity contribution in [3.63, 3.8) is 0 Å². The zero-order valence-corrected chi connectivity index (χ0v) is 22.2. The zero-order valence-electron chi connectivity index (χ0n) is 22.2. The normalized spacial score (nSPS) is 29.1. The van der Waals surface area contributed by atoms with Crippen LogP contribution < -0.4 is 16.4 Å². The smallest absolute Gasteiger partial charge is 0.405 e. The lowest BCUT2D eigenvalue weighted by Crippen LogP contribution is -2.63. The Hall–Kier alpha value is -2.84. The van der Waals surface area contributed by atoms with Crippen molar-refractivity contribution in [3.05, 3.63) is 23.5 Å². The fourth-order valence-corrected chi connectivity index (χ4v) is 6.77. The van der Waals surface area contributed by atoms with Crippen LogP contribution in [-0.2, 0) is 16.0 Å². The predicted octanol–water partition coefficient (Wildman–Crippen LogP) is 3.49. The van der Waals surface area contributed by atoms with Gasteiger partial charge in [-0.05, 0) is 83.0 Å². The number of rotatable bonds is 9. The minimum absolute atomic E-state index is 0.0566. The van der Waals surface area contributed by atoms with Crippen molar-refractivity contribution in [2.45, 2.75) is 84.8 Å². The molecule has 3 amide bonds. The molecule has 4 bridgehead atoms. The molecule has 198 valence electrons. The van der Waals surface area contributed by atoms with E-state index in [1.807, 2.05) is 26.8 Å². The molecule has 2 atom stereocenters. The summed E-state index contributed by atoms with van der Waals surface area (Å²) in [5.74, 6) is 1.23. The first-order valence-electron chi connectivity index (χ1n) is 13.3. The van der Waals surface area contributed by atoms with E-state index < -0.39 is 17.1 Å². The Kier molecular flexibility index (Phi) is 7.21. The second-order valence-corrected chi connectivity index (χ2v) is 12.0. The highest BCUT2D eigenvalue weighted by Gasteiger charge is 2.57. The van der Waals surface area contributed by atoms with E-state index in [9.17, 15) is 14.4 Å². The predicted molar refractivity (Wildman–Crippen MR) is 137 cm³/mol. The molecular formula is C27H41N5O4. The molecule has 2 unspecified atom stereocenters. The summed E-state index contributed by atoms with van der Waals surface area (Å²) in [5.41, 5.74) is 5.62. The molecule has 0 aliphatic heterocycles. The molecule has 0 aromatic carbocycles. The summed E-state index contributed by atoms with van der Waals surface area (Å²) in [5, 5.41) is 10.7. The van der Waals surface area contributed by atoms with Crippen LogP contribution in [0.25, 0.3) is 6.20 Å². The molecule has 0 saturated heterocycles. The lowest BCUT2D eigenvalue weighted by molar-refractivity contribution is -0.137. The van der Waals surface area contributed by atoms with Gasteiger partial charge in [-0.25, -0.2) is 9.48 Å². The summed E-state index contributed by atoms with van der Waals surface area (Å²) in [7, 11) is 0. The van der Waals surface area contributed by atoms with Gasteiger partial charge in [0.05, 0.1) is 22.9 Å². The van der Waals surface area contributed by atoms with Crippen molar-refractivity contribution in [3.8, 4) is 0 Å². The van der Waals surface area contributed by atoms with Crippen LogP contribution in [0.15, 0.2) is 12.3 Å². The van der Waals surface area contributed by atoms with Gasteiger partial charge >= 0.3 is 6.09 Å². The highest BCUT2D eigenvalue weighted by molar-refractivity contribution is 5.95. The molecule has 1 aromatic rings. The van der Waals surface area contributed by atoms with Gasteiger partial charge in [-0.15, -0.1) is 0 Å². The maximum absolute atomic E-state index is 13.5. The summed E-state index contributed by atoms with van der Waals surface area (Å²) in [4.78, 5) is 37.5. The Morgan fingerprint density at radius 1 is 1.25 bits per heavy atom. The quantitative estimate of drug-likeness (QED) is 0.479. The number of primary amides is 1. The molecule has 0 radical (unpaired) electrons. The number of hydrogen-bond acceptors (Lipinski definition) is 5. The average molecular weight is 500 g/mol. The van der Waals surface area contributed by atoms with Crippen LogP contribution in [0.1, 0.15) is 82.8 Å². The van der Waals surface area contributed by atoms with Gasteiger partial charge in [0, 0.05) is 18.8 Å². The fourth-order valence-electron chi connectivity index (χ4n) is 6.77. The number of ether oxygens (including phenoxy) is 1. The minimum Gasteiger partial charge on any atom is -0.443 e. The third kappa shape index (κ3) is 5.30. The summed E-state index contributed by atoms with van der Waals surface area (Å²) in [6.45, 7) is 10.4. The van der Waals surface area contributed by atoms with Gasteiger partial charge in [-0.1, -0.05) is 19.9 Å². The van der Waals surface area contributed by atoms with Crippen molar-refractivity contribution in [2.24, 2.45) is 34.8 Å². The van der Waals surface area contributed by atoms with E-state index in [4.69, 9.17) is 10.5 Å². The highest BCUT2D eigenvalue weighted by atomic mass is 16.6. The molecule has 1 heterocycles. The van der Waals surface area contributed by atoms with Crippen LogP contribution in [0, 0.1) is 29.1 Å². The second-order valence-electron chi connectivity index (χ2n) is 12.0. The molecule has 4 aliphatic carbocycles. The first-order valence-corrected chi connectivity index (χ1v) is 13.3. The number of amides is 3. The summed E-state index contributed by atoms with van der Waals surface area (Å²) >= 11 is 0. The Balaban J connectivity index is 1.52. The van der Waals surface area contributed by atoms with E-state index in [0.29, 0.717) is 30.4 Å². The Labute approximate surface area is 213 Å². The van der Waals surface area contributed by atoms with E-state index >= 15 is 0 Å². The van der Waals surface area contributed by atoms with Crippen molar-refractivity contribution in [2.75, 3.05) is 6.54 Å². The van der Waals surface area contributed by atoms with Crippen molar-refractivity contribution in [1.29, 1.82) is 0 Å². The second kappa shape index (κ2) is 9.90. The molecule has 36 heavy (non-hydrogen) atoms. The molecule has 9 nitrogen and oxygen atoms in total. The number of aromatic nitrogens is 2. The van der Waals surface area contributed by atoms with Gasteiger partial charge in [0.2, 0.25) is 5.91 Å². The van der Waals surface area contributed by atoms with Gasteiger partial charge in [-0.3, -0.25) is 9.59 Å². The third-order valence-corrected chi connectivity index (χ3v) is 8.13. The van der Waals surface area contributed by atoms with Gasteiger partial charge < -0.3 is 21.1 Å². The van der Waals surface area contributed by atoms with Gasteiger partial charge in [0.25, 0.3) is 5.91 Å². The summed E-state index contributed by atoms with van der Waals surface area (Å²) in [6.07, 6.45) is 9.70. The number of hydrogen-bond donors (Lipinski definition) is 3. The van der Waals surface area contributed by atoms with Crippen molar-refractivity contribution >= 4 is 24.1 Å². The van der Waals surface area contributed by atoms with Gasteiger partial charge in [-0.2, -0.15) is 5.10 Å². The number of nitrogens with two attached hydrogens (primary N) is 1. The number of nitrogens with zero attached hydrogens (tertiary/aromatic N) is 2. The topological polar surface area (TPSA) is 128 Å². The number of carbonyl (C=O) groups excluding carboxylic acids is 3. The van der Waals surface area contributed by atoms with E-state index in [-0.39, 0.29) is 29.7 Å². The van der Waals surface area contributed by atoms with Crippen molar-refractivity contribution in [1.82, 2.24) is 20.4 Å². The molecule has 5 rings (SSSR count). The van der Waals surface area contributed by atoms with Crippen LogP contribution in [0.2, 0.25) is 0 Å². The highest BCUT2D eigenvalue weighted by Crippen LogP contribution is 2.57. The number of carbonyl (C=O) groups is 3. The zero-order chi connectivity index (χ0) is 26.3. The maximum atomic E-state index is 13.5. The Morgan fingerprint density at radius 2 is 1.92 bits per heavy atom. The Morgan fingerprint density at radius 3 is 2.50 bits per heavy atom. The van der Waals surface area contributed by atoms with E-state index in [1.165, 1.54) is 0 Å². The largest absolute Gasteiger partial charge is 0.443 e. The molecule has 4 N–H and O–H groups in total. The van der Waals surface area contributed by atoms with Crippen LogP contribution in [0.5, 0.6) is 0 Å². The van der Waals surface area contributed by atoms with E-state index in [1.54, 1.807) is 17.1 Å². The molecule has 4 fully saturated rings. The monoisotopic (exact) mass is 499 g/mol. The van der Waals surface area contributed by atoms with E-state index in [2.05, 4.69) is 29.6 Å². The summed E-state index contributed by atoms with van der Waals surface area (Å²) < 4.78 is 7.34. The Bertz CT molecular complexity index is 1030. The number of nitrogens with one attached hydrogen (secondary N) is 2. The van der Waals surface area contributed by atoms with Crippen LogP contribution in [0.4, 0.5) is 4.79 Å². The molecule has 1 aromatic heterocycles. The van der Waals surface area contributed by atoms with Crippen LogP contribution in [0.3, 0.4) is 0 Å². The van der Waals surface area contributed by atoms with Gasteiger partial charge in [0.15, 0.2) is 0 Å². The van der Waals surface area contributed by atoms with E-state index in [0.717, 1.165) is 37.8 Å². The molecular weight excluding hydrogens is 458 g/mol. The maximum Gasteiger partial charge on any atom is 0.405 e. The average Bonchev–Trinajstić information content (AvgIpc) is 3.15. The molecule has 4 aliphatic rings. The molecule has 0 spiro atoms. The molecule has 9 heteroatoms. The lowest BCUT2D eigenvalue weighted by Gasteiger charge is -2.58. The fraction of sp³-hybridized carbons (Fsp3) is 0.704. The van der Waals surface area contributed by atoms with Crippen LogP contribution in [-0.4, -0.2) is 45.9 Å². The minimum atomic E-state index is -0.706. The van der Waals surface area contributed by atoms with Crippen LogP contribution >= 0.6 is 0 Å². The standard InChI is InChI=1S/C27H41N5O4/c1-6-29-24(34)26(4,5)7-8-32-21(9-16(2)3)20(15-30-32)23(33)31-22-18-10-17-11-19(22)14-27(12-17,13-18)36-25(28)35/h7-8,15-19,22H,6,9-14H2,1-5H3,(H2,28,35)(H,29,34)(H,31,33). The lowest BCUT2D eigenvalue weighted by atomic mass is 9.52.